The summed E-state index contributed by atoms with van der Waals surface area (Å²) in [5.41, 5.74) is 8.57. The number of nitrogens with two attached hydrogens (primary N) is 1. The SMILES string of the molecule is CCCCN(CCC(C)C)c1ccc2nc(Nc3ccc(OC)cc3)n(CCCN)c2n1. The van der Waals surface area contributed by atoms with Gasteiger partial charge in [-0.25, -0.2) is 9.97 Å². The molecule has 1 aromatic carbocycles. The molecule has 0 aliphatic heterocycles. The third-order valence-corrected chi connectivity index (χ3v) is 5.59. The Balaban J connectivity index is 1.94. The quantitative estimate of drug-likeness (QED) is 0.382. The van der Waals surface area contributed by atoms with Crippen molar-refractivity contribution in [2.75, 3.05) is 37.0 Å². The van der Waals surface area contributed by atoms with E-state index in [9.17, 15) is 0 Å². The Hall–Kier alpha value is -2.80. The number of aromatic nitrogens is 3. The van der Waals surface area contributed by atoms with Crippen molar-refractivity contribution in [2.24, 2.45) is 11.7 Å². The van der Waals surface area contributed by atoms with Crippen molar-refractivity contribution in [3.8, 4) is 5.75 Å². The van der Waals surface area contributed by atoms with E-state index in [2.05, 4.69) is 47.7 Å². The first kappa shape index (κ1) is 23.9. The van der Waals surface area contributed by atoms with Crippen molar-refractivity contribution in [1.82, 2.24) is 14.5 Å². The number of imidazole rings is 1. The van der Waals surface area contributed by atoms with E-state index in [-0.39, 0.29) is 0 Å². The Kier molecular flexibility index (Phi) is 8.73. The van der Waals surface area contributed by atoms with Gasteiger partial charge in [0, 0.05) is 25.3 Å². The van der Waals surface area contributed by atoms with Gasteiger partial charge < -0.3 is 20.7 Å². The number of benzene rings is 1. The van der Waals surface area contributed by atoms with Crippen molar-refractivity contribution in [1.29, 1.82) is 0 Å². The molecule has 0 unspecified atom stereocenters. The molecule has 0 aliphatic rings. The Labute approximate surface area is 192 Å². The number of hydrogen-bond donors (Lipinski definition) is 2. The first-order valence-electron chi connectivity index (χ1n) is 11.8. The predicted molar refractivity (Wildman–Crippen MR) is 134 cm³/mol. The molecule has 0 amide bonds. The normalized spacial score (nSPS) is 11.3. The molecule has 7 nitrogen and oxygen atoms in total. The number of rotatable bonds is 13. The van der Waals surface area contributed by atoms with Crippen LogP contribution in [0.15, 0.2) is 36.4 Å². The summed E-state index contributed by atoms with van der Waals surface area (Å²) in [5, 5.41) is 3.45. The lowest BCUT2D eigenvalue weighted by Crippen LogP contribution is -2.27. The van der Waals surface area contributed by atoms with E-state index in [4.69, 9.17) is 20.4 Å². The van der Waals surface area contributed by atoms with E-state index >= 15 is 0 Å². The van der Waals surface area contributed by atoms with E-state index in [1.54, 1.807) is 7.11 Å². The maximum Gasteiger partial charge on any atom is 0.209 e. The van der Waals surface area contributed by atoms with Crippen LogP contribution >= 0.6 is 0 Å². The minimum absolute atomic E-state index is 0.623. The molecular formula is C25H38N6O. The van der Waals surface area contributed by atoms with Crippen LogP contribution in [0, 0.1) is 5.92 Å². The molecule has 0 aliphatic carbocycles. The average molecular weight is 439 g/mol. The Morgan fingerprint density at radius 3 is 2.50 bits per heavy atom. The van der Waals surface area contributed by atoms with Crippen molar-refractivity contribution in [3.63, 3.8) is 0 Å². The van der Waals surface area contributed by atoms with Crippen LogP contribution in [0.3, 0.4) is 0 Å². The molecule has 0 atom stereocenters. The summed E-state index contributed by atoms with van der Waals surface area (Å²) in [6.45, 7) is 10.2. The van der Waals surface area contributed by atoms with Crippen molar-refractivity contribution >= 4 is 28.6 Å². The summed E-state index contributed by atoms with van der Waals surface area (Å²) in [6, 6.07) is 12.0. The maximum atomic E-state index is 5.83. The second-order valence-electron chi connectivity index (χ2n) is 8.62. The summed E-state index contributed by atoms with van der Waals surface area (Å²) in [7, 11) is 1.67. The number of ether oxygens (including phenoxy) is 1. The summed E-state index contributed by atoms with van der Waals surface area (Å²) < 4.78 is 7.41. The molecule has 2 aromatic heterocycles. The number of nitrogens with one attached hydrogen (secondary N) is 1. The standard InChI is InChI=1S/C25H38N6O/c1-5-6-16-30(18-14-19(2)3)23-13-12-22-24(29-23)31(17-7-15-26)25(28-22)27-20-8-10-21(32-4)11-9-20/h8-13,19H,5-7,14-18,26H2,1-4H3,(H,27,28). The summed E-state index contributed by atoms with van der Waals surface area (Å²) in [6.07, 6.45) is 4.35. The zero-order valence-electron chi connectivity index (χ0n) is 20.0. The number of anilines is 3. The number of fused-ring (bicyclic) bond motifs is 1. The fourth-order valence-electron chi connectivity index (χ4n) is 3.63. The smallest absolute Gasteiger partial charge is 0.209 e. The van der Waals surface area contributed by atoms with Gasteiger partial charge >= 0.3 is 0 Å². The van der Waals surface area contributed by atoms with Crippen LogP contribution in [0.25, 0.3) is 11.2 Å². The van der Waals surface area contributed by atoms with Gasteiger partial charge in [0.15, 0.2) is 5.65 Å². The van der Waals surface area contributed by atoms with Gasteiger partial charge in [0.05, 0.1) is 7.11 Å². The van der Waals surface area contributed by atoms with Crippen molar-refractivity contribution in [3.05, 3.63) is 36.4 Å². The number of unbranched alkanes of at least 4 members (excludes halogenated alkanes) is 1. The molecule has 3 N–H and O–H groups in total. The van der Waals surface area contributed by atoms with Crippen LogP contribution in [0.1, 0.15) is 46.5 Å². The van der Waals surface area contributed by atoms with Gasteiger partial charge in [-0.2, -0.15) is 0 Å². The minimum atomic E-state index is 0.623. The van der Waals surface area contributed by atoms with E-state index in [1.807, 2.05) is 24.3 Å². The van der Waals surface area contributed by atoms with Crippen LogP contribution in [0.2, 0.25) is 0 Å². The molecule has 2 heterocycles. The molecule has 0 saturated carbocycles. The van der Waals surface area contributed by atoms with E-state index < -0.39 is 0 Å². The van der Waals surface area contributed by atoms with Crippen LogP contribution in [-0.2, 0) is 6.54 Å². The highest BCUT2D eigenvalue weighted by atomic mass is 16.5. The molecular weight excluding hydrogens is 400 g/mol. The lowest BCUT2D eigenvalue weighted by atomic mass is 10.1. The van der Waals surface area contributed by atoms with Crippen LogP contribution in [0.4, 0.5) is 17.5 Å². The monoisotopic (exact) mass is 438 g/mol. The van der Waals surface area contributed by atoms with Crippen molar-refractivity contribution < 1.29 is 4.74 Å². The van der Waals surface area contributed by atoms with Crippen LogP contribution < -0.4 is 20.7 Å². The van der Waals surface area contributed by atoms with Gasteiger partial charge in [-0.3, -0.25) is 4.57 Å². The first-order valence-corrected chi connectivity index (χ1v) is 11.8. The van der Waals surface area contributed by atoms with E-state index in [1.165, 1.54) is 6.42 Å². The number of aryl methyl sites for hydroxylation is 1. The van der Waals surface area contributed by atoms with Gasteiger partial charge in [-0.15, -0.1) is 0 Å². The topological polar surface area (TPSA) is 81.2 Å². The molecule has 0 bridgehead atoms. The number of hydrogen-bond acceptors (Lipinski definition) is 6. The molecule has 0 fully saturated rings. The van der Waals surface area contributed by atoms with Gasteiger partial charge in [0.25, 0.3) is 0 Å². The molecule has 0 saturated heterocycles. The molecule has 0 spiro atoms. The zero-order valence-corrected chi connectivity index (χ0v) is 20.0. The predicted octanol–water partition coefficient (Wildman–Crippen LogP) is 5.18. The Morgan fingerprint density at radius 2 is 1.84 bits per heavy atom. The van der Waals surface area contributed by atoms with Gasteiger partial charge in [-0.05, 0) is 68.1 Å². The molecule has 174 valence electrons. The van der Waals surface area contributed by atoms with Crippen LogP contribution in [-0.4, -0.2) is 41.3 Å². The largest absolute Gasteiger partial charge is 0.497 e. The summed E-state index contributed by atoms with van der Waals surface area (Å²) >= 11 is 0. The third kappa shape index (κ3) is 6.13. The second kappa shape index (κ2) is 11.7. The number of pyridine rings is 1. The minimum Gasteiger partial charge on any atom is -0.497 e. The molecule has 32 heavy (non-hydrogen) atoms. The van der Waals surface area contributed by atoms with E-state index in [0.717, 1.165) is 73.3 Å². The second-order valence-corrected chi connectivity index (χ2v) is 8.62. The highest BCUT2D eigenvalue weighted by molar-refractivity contribution is 5.78. The zero-order chi connectivity index (χ0) is 22.9. The number of nitrogens with zero attached hydrogens (tertiary/aromatic N) is 4. The first-order chi connectivity index (χ1) is 15.5. The highest BCUT2D eigenvalue weighted by Gasteiger charge is 2.16. The van der Waals surface area contributed by atoms with Gasteiger partial charge in [0.1, 0.15) is 17.1 Å². The molecule has 3 aromatic rings. The van der Waals surface area contributed by atoms with E-state index in [0.29, 0.717) is 12.5 Å². The van der Waals surface area contributed by atoms with Gasteiger partial charge in [0.2, 0.25) is 5.95 Å². The highest BCUT2D eigenvalue weighted by Crippen LogP contribution is 2.26. The average Bonchev–Trinajstić information content (AvgIpc) is 3.14. The summed E-state index contributed by atoms with van der Waals surface area (Å²) in [4.78, 5) is 12.3. The fourth-order valence-corrected chi connectivity index (χ4v) is 3.63. The fraction of sp³-hybridized carbons (Fsp3) is 0.520. The Bertz CT molecular complexity index is 966. The number of methoxy groups -OCH3 is 1. The lowest BCUT2D eigenvalue weighted by Gasteiger charge is -2.24. The van der Waals surface area contributed by atoms with Crippen LogP contribution in [0.5, 0.6) is 5.75 Å². The summed E-state index contributed by atoms with van der Waals surface area (Å²) in [5.74, 6) is 3.30. The Morgan fingerprint density at radius 1 is 1.06 bits per heavy atom. The van der Waals surface area contributed by atoms with Gasteiger partial charge in [-0.1, -0.05) is 27.2 Å². The molecule has 7 heteroatoms. The third-order valence-electron chi connectivity index (χ3n) is 5.59. The van der Waals surface area contributed by atoms with Crippen molar-refractivity contribution in [2.45, 2.75) is 53.0 Å². The molecule has 3 rings (SSSR count). The maximum absolute atomic E-state index is 5.83. The molecule has 0 radical (unpaired) electrons. The lowest BCUT2D eigenvalue weighted by molar-refractivity contribution is 0.415.